The van der Waals surface area contributed by atoms with Crippen molar-refractivity contribution in [1.29, 1.82) is 0 Å². The molecular weight excluding hydrogens is 236 g/mol. The minimum absolute atomic E-state index is 0.143. The minimum atomic E-state index is -2.54. The van der Waals surface area contributed by atoms with Gasteiger partial charge in [0.2, 0.25) is 0 Å². The number of aromatic nitrogens is 1. The van der Waals surface area contributed by atoms with Gasteiger partial charge in [0.05, 0.1) is 5.54 Å². The Hall–Kier alpha value is -1.23. The lowest BCUT2D eigenvalue weighted by Gasteiger charge is -2.26. The Bertz CT molecular complexity index is 401. The number of nitrogens with two attached hydrogens (primary N) is 1. The number of anilines is 1. The Labute approximate surface area is 106 Å². The van der Waals surface area contributed by atoms with Crippen molar-refractivity contribution >= 4 is 5.82 Å². The first kappa shape index (κ1) is 13.2. The second-order valence-electron chi connectivity index (χ2n) is 5.16. The van der Waals surface area contributed by atoms with Crippen molar-refractivity contribution in [3.05, 3.63) is 23.9 Å². The van der Waals surface area contributed by atoms with Crippen molar-refractivity contribution in [3.63, 3.8) is 0 Å². The molecule has 1 saturated heterocycles. The van der Waals surface area contributed by atoms with Crippen molar-refractivity contribution in [2.24, 2.45) is 5.73 Å². The molecule has 1 aromatic rings. The van der Waals surface area contributed by atoms with Crippen LogP contribution in [0.15, 0.2) is 18.3 Å². The summed E-state index contributed by atoms with van der Waals surface area (Å²) in [6.45, 7) is 3.28. The summed E-state index contributed by atoms with van der Waals surface area (Å²) >= 11 is 0. The molecule has 0 saturated carbocycles. The number of halogens is 2. The van der Waals surface area contributed by atoms with E-state index in [1.54, 1.807) is 12.3 Å². The highest BCUT2D eigenvalue weighted by molar-refractivity contribution is 5.48. The SMILES string of the molecule is CC(N)(Cc1cccnc1N1CCCC1)C(F)F. The van der Waals surface area contributed by atoms with Gasteiger partial charge < -0.3 is 10.6 Å². The number of nitrogens with zero attached hydrogens (tertiary/aromatic N) is 2. The van der Waals surface area contributed by atoms with Crippen molar-refractivity contribution in [3.8, 4) is 0 Å². The summed E-state index contributed by atoms with van der Waals surface area (Å²) in [6.07, 6.45) is 1.57. The first-order chi connectivity index (χ1) is 8.50. The molecule has 1 unspecified atom stereocenters. The molecular formula is C13H19F2N3. The number of rotatable bonds is 4. The smallest absolute Gasteiger partial charge is 0.256 e. The average Bonchev–Trinajstić information content (AvgIpc) is 2.82. The lowest BCUT2D eigenvalue weighted by atomic mass is 9.94. The Balaban J connectivity index is 2.22. The third-order valence-corrected chi connectivity index (χ3v) is 3.34. The molecule has 0 spiro atoms. The van der Waals surface area contributed by atoms with Crippen LogP contribution in [0.3, 0.4) is 0 Å². The summed E-state index contributed by atoms with van der Waals surface area (Å²) in [5, 5.41) is 0. The summed E-state index contributed by atoms with van der Waals surface area (Å²) in [7, 11) is 0. The Morgan fingerprint density at radius 1 is 1.44 bits per heavy atom. The van der Waals surface area contributed by atoms with Crippen LogP contribution >= 0.6 is 0 Å². The van der Waals surface area contributed by atoms with Crippen LogP contribution < -0.4 is 10.6 Å². The highest BCUT2D eigenvalue weighted by Crippen LogP contribution is 2.26. The van der Waals surface area contributed by atoms with E-state index in [0.29, 0.717) is 0 Å². The second kappa shape index (κ2) is 5.18. The number of alkyl halides is 2. The Morgan fingerprint density at radius 2 is 2.11 bits per heavy atom. The van der Waals surface area contributed by atoms with E-state index in [4.69, 9.17) is 5.73 Å². The molecule has 18 heavy (non-hydrogen) atoms. The molecule has 2 N–H and O–H groups in total. The summed E-state index contributed by atoms with van der Waals surface area (Å²) in [5.41, 5.74) is 4.97. The summed E-state index contributed by atoms with van der Waals surface area (Å²) in [4.78, 5) is 6.48. The van der Waals surface area contributed by atoms with Gasteiger partial charge in [-0.2, -0.15) is 0 Å². The normalized spacial score (nSPS) is 19.3. The van der Waals surface area contributed by atoms with Gasteiger partial charge in [0.1, 0.15) is 5.82 Å². The first-order valence-electron chi connectivity index (χ1n) is 6.26. The van der Waals surface area contributed by atoms with Crippen molar-refractivity contribution in [1.82, 2.24) is 4.98 Å². The van der Waals surface area contributed by atoms with Crippen LogP contribution in [0.2, 0.25) is 0 Å². The van der Waals surface area contributed by atoms with Gasteiger partial charge in [-0.1, -0.05) is 6.07 Å². The van der Waals surface area contributed by atoms with Crippen LogP contribution in [0.25, 0.3) is 0 Å². The van der Waals surface area contributed by atoms with E-state index in [0.717, 1.165) is 37.3 Å². The predicted octanol–water partition coefficient (Wildman–Crippen LogP) is 2.21. The van der Waals surface area contributed by atoms with Gasteiger partial charge in [0, 0.05) is 19.3 Å². The van der Waals surface area contributed by atoms with E-state index >= 15 is 0 Å². The van der Waals surface area contributed by atoms with E-state index in [1.807, 2.05) is 6.07 Å². The fourth-order valence-corrected chi connectivity index (χ4v) is 2.27. The van der Waals surface area contributed by atoms with Gasteiger partial charge >= 0.3 is 0 Å². The van der Waals surface area contributed by atoms with Crippen LogP contribution in [-0.2, 0) is 6.42 Å². The predicted molar refractivity (Wildman–Crippen MR) is 68.0 cm³/mol. The first-order valence-corrected chi connectivity index (χ1v) is 6.26. The largest absolute Gasteiger partial charge is 0.356 e. The molecule has 1 fully saturated rings. The number of pyridine rings is 1. The van der Waals surface area contributed by atoms with Crippen LogP contribution in [0.5, 0.6) is 0 Å². The number of hydrogen-bond acceptors (Lipinski definition) is 3. The van der Waals surface area contributed by atoms with Gasteiger partial charge in [-0.15, -0.1) is 0 Å². The topological polar surface area (TPSA) is 42.1 Å². The second-order valence-corrected chi connectivity index (χ2v) is 5.16. The maximum Gasteiger partial charge on any atom is 0.256 e. The molecule has 3 nitrogen and oxygen atoms in total. The van der Waals surface area contributed by atoms with Gasteiger partial charge in [0.25, 0.3) is 6.43 Å². The van der Waals surface area contributed by atoms with E-state index in [1.165, 1.54) is 6.92 Å². The molecule has 5 heteroatoms. The standard InChI is InChI=1S/C13H19F2N3/c1-13(16,12(14)15)9-10-5-4-6-17-11(10)18-7-2-3-8-18/h4-6,12H,2-3,7-9,16H2,1H3. The van der Waals surface area contributed by atoms with E-state index in [9.17, 15) is 8.78 Å². The Morgan fingerprint density at radius 3 is 2.72 bits per heavy atom. The molecule has 100 valence electrons. The molecule has 0 bridgehead atoms. The summed E-state index contributed by atoms with van der Waals surface area (Å²) < 4.78 is 25.7. The quantitative estimate of drug-likeness (QED) is 0.897. The monoisotopic (exact) mass is 255 g/mol. The lowest BCUT2D eigenvalue weighted by Crippen LogP contribution is -2.46. The Kier molecular flexibility index (Phi) is 3.80. The zero-order valence-corrected chi connectivity index (χ0v) is 10.6. The third-order valence-electron chi connectivity index (χ3n) is 3.34. The summed E-state index contributed by atoms with van der Waals surface area (Å²) in [5.74, 6) is 0.812. The zero-order valence-electron chi connectivity index (χ0n) is 10.6. The van der Waals surface area contributed by atoms with E-state index in [2.05, 4.69) is 9.88 Å². The van der Waals surface area contributed by atoms with Gasteiger partial charge in [-0.25, -0.2) is 13.8 Å². The van der Waals surface area contributed by atoms with Crippen LogP contribution in [0.1, 0.15) is 25.3 Å². The van der Waals surface area contributed by atoms with Crippen molar-refractivity contribution in [2.45, 2.75) is 38.2 Å². The van der Waals surface area contributed by atoms with Crippen LogP contribution in [-0.4, -0.2) is 30.0 Å². The molecule has 2 rings (SSSR count). The van der Waals surface area contributed by atoms with Gasteiger partial charge in [-0.3, -0.25) is 0 Å². The van der Waals surface area contributed by atoms with Crippen LogP contribution in [0, 0.1) is 0 Å². The molecule has 1 aliphatic rings. The van der Waals surface area contributed by atoms with E-state index in [-0.39, 0.29) is 6.42 Å². The van der Waals surface area contributed by atoms with E-state index < -0.39 is 12.0 Å². The van der Waals surface area contributed by atoms with Crippen molar-refractivity contribution < 1.29 is 8.78 Å². The van der Waals surface area contributed by atoms with Gasteiger partial charge in [-0.05, 0) is 37.8 Å². The molecule has 0 aliphatic carbocycles. The summed E-state index contributed by atoms with van der Waals surface area (Å²) in [6, 6.07) is 3.62. The molecule has 1 atom stereocenters. The highest BCUT2D eigenvalue weighted by Gasteiger charge is 2.32. The molecule has 1 aromatic heterocycles. The van der Waals surface area contributed by atoms with Crippen molar-refractivity contribution in [2.75, 3.05) is 18.0 Å². The molecule has 0 amide bonds. The third kappa shape index (κ3) is 2.77. The molecule has 0 aromatic carbocycles. The molecule has 2 heterocycles. The fraction of sp³-hybridized carbons (Fsp3) is 0.615. The molecule has 1 aliphatic heterocycles. The highest BCUT2D eigenvalue weighted by atomic mass is 19.3. The maximum absolute atomic E-state index is 12.8. The average molecular weight is 255 g/mol. The maximum atomic E-state index is 12.8. The van der Waals surface area contributed by atoms with Gasteiger partial charge in [0.15, 0.2) is 0 Å². The minimum Gasteiger partial charge on any atom is -0.356 e. The zero-order chi connectivity index (χ0) is 13.2. The molecule has 0 radical (unpaired) electrons. The fourth-order valence-electron chi connectivity index (χ4n) is 2.27. The lowest BCUT2D eigenvalue weighted by molar-refractivity contribution is 0.0639. The number of hydrogen-bond donors (Lipinski definition) is 1. The van der Waals surface area contributed by atoms with Crippen LogP contribution in [0.4, 0.5) is 14.6 Å².